The van der Waals surface area contributed by atoms with Crippen molar-refractivity contribution in [3.63, 3.8) is 0 Å². The van der Waals surface area contributed by atoms with E-state index in [1.54, 1.807) is 0 Å². The Morgan fingerprint density at radius 1 is 1.08 bits per heavy atom. The van der Waals surface area contributed by atoms with Crippen LogP contribution in [-0.2, 0) is 0 Å². The Labute approximate surface area is 132 Å². The molecule has 2 aromatic carbocycles. The van der Waals surface area contributed by atoms with Crippen LogP contribution in [0.5, 0.6) is 0 Å². The first-order chi connectivity index (χ1) is 11.4. The largest absolute Gasteiger partial charge is 0.477 e. The molecule has 0 bridgehead atoms. The van der Waals surface area contributed by atoms with Crippen molar-refractivity contribution < 1.29 is 23.1 Å². The van der Waals surface area contributed by atoms with Crippen molar-refractivity contribution in [2.45, 2.75) is 0 Å². The first-order valence-corrected chi connectivity index (χ1v) is 6.67. The van der Waals surface area contributed by atoms with E-state index in [9.17, 15) is 27.9 Å². The number of carbonyl (C=O) groups is 1. The van der Waals surface area contributed by atoms with Gasteiger partial charge in [-0.15, -0.1) is 0 Å². The minimum Gasteiger partial charge on any atom is -0.477 e. The second-order valence-corrected chi connectivity index (χ2v) is 4.96. The van der Waals surface area contributed by atoms with Gasteiger partial charge in [0.1, 0.15) is 17.2 Å². The van der Waals surface area contributed by atoms with Crippen LogP contribution in [0, 0.1) is 17.5 Å². The number of hydrogen-bond donors (Lipinski definition) is 3. The van der Waals surface area contributed by atoms with Gasteiger partial charge < -0.3 is 15.4 Å². The van der Waals surface area contributed by atoms with Crippen molar-refractivity contribution in [3.05, 3.63) is 69.6 Å². The molecule has 0 aliphatic heterocycles. The lowest BCUT2D eigenvalue weighted by Crippen LogP contribution is -2.19. The van der Waals surface area contributed by atoms with Crippen molar-refractivity contribution in [1.82, 2.24) is 4.98 Å². The average molecular weight is 334 g/mol. The zero-order valence-electron chi connectivity index (χ0n) is 11.9. The van der Waals surface area contributed by atoms with E-state index < -0.39 is 34.4 Å². The number of H-pyrrole nitrogens is 1. The van der Waals surface area contributed by atoms with E-state index in [1.807, 2.05) is 0 Å². The maximum atomic E-state index is 13.4. The maximum Gasteiger partial charge on any atom is 0.343 e. The zero-order valence-corrected chi connectivity index (χ0v) is 11.9. The van der Waals surface area contributed by atoms with Crippen LogP contribution in [0.2, 0.25) is 0 Å². The monoisotopic (exact) mass is 334 g/mol. The molecule has 0 spiro atoms. The average Bonchev–Trinajstić information content (AvgIpc) is 2.49. The molecule has 3 rings (SSSR count). The molecule has 0 saturated carbocycles. The van der Waals surface area contributed by atoms with Crippen molar-refractivity contribution in [3.8, 4) is 0 Å². The molecule has 0 fully saturated rings. The molecule has 3 N–H and O–H groups in total. The Kier molecular flexibility index (Phi) is 3.72. The minimum atomic E-state index is -1.57. The normalized spacial score (nSPS) is 10.8. The Hall–Kier alpha value is -3.29. The van der Waals surface area contributed by atoms with Crippen LogP contribution in [0.25, 0.3) is 10.9 Å². The molecule has 24 heavy (non-hydrogen) atoms. The summed E-state index contributed by atoms with van der Waals surface area (Å²) in [5.74, 6) is -4.88. The van der Waals surface area contributed by atoms with E-state index in [1.165, 1.54) is 18.2 Å². The van der Waals surface area contributed by atoms with E-state index >= 15 is 0 Å². The number of carboxylic acid groups (broad SMARTS) is 1. The SMILES string of the molecule is O=C(O)c1c(Nc2cccc(F)c2)[nH]c2cc(F)c(F)cc2c1=O. The molecular formula is C16H9F3N2O3. The van der Waals surface area contributed by atoms with E-state index in [-0.39, 0.29) is 22.4 Å². The molecule has 0 saturated heterocycles. The van der Waals surface area contributed by atoms with Gasteiger partial charge in [-0.3, -0.25) is 4.79 Å². The Balaban J connectivity index is 2.26. The highest BCUT2D eigenvalue weighted by atomic mass is 19.2. The molecule has 0 aliphatic rings. The predicted molar refractivity (Wildman–Crippen MR) is 81.1 cm³/mol. The number of hydrogen-bond acceptors (Lipinski definition) is 3. The predicted octanol–water partition coefficient (Wildman–Crippen LogP) is 3.39. The minimum absolute atomic E-state index is 0.0946. The van der Waals surface area contributed by atoms with Crippen molar-refractivity contribution in [2.24, 2.45) is 0 Å². The number of aromatic amines is 1. The number of anilines is 2. The van der Waals surface area contributed by atoms with Crippen molar-refractivity contribution in [1.29, 1.82) is 0 Å². The summed E-state index contributed by atoms with van der Waals surface area (Å²) in [6.45, 7) is 0. The third-order valence-electron chi connectivity index (χ3n) is 3.35. The number of nitrogens with one attached hydrogen (secondary N) is 2. The van der Waals surface area contributed by atoms with Crippen molar-refractivity contribution in [2.75, 3.05) is 5.32 Å². The van der Waals surface area contributed by atoms with Gasteiger partial charge in [-0.25, -0.2) is 18.0 Å². The van der Waals surface area contributed by atoms with Crippen LogP contribution in [-0.4, -0.2) is 16.1 Å². The van der Waals surface area contributed by atoms with Gasteiger partial charge in [0.05, 0.1) is 5.52 Å². The lowest BCUT2D eigenvalue weighted by Gasteiger charge is -2.11. The van der Waals surface area contributed by atoms with Gasteiger partial charge >= 0.3 is 5.97 Å². The molecule has 1 aromatic heterocycles. The molecule has 0 radical (unpaired) electrons. The second kappa shape index (κ2) is 5.73. The van der Waals surface area contributed by atoms with Gasteiger partial charge in [-0.1, -0.05) is 6.07 Å². The molecule has 0 atom stereocenters. The third kappa shape index (κ3) is 2.69. The fourth-order valence-corrected chi connectivity index (χ4v) is 2.29. The van der Waals surface area contributed by atoms with Gasteiger partial charge in [-0.2, -0.15) is 0 Å². The molecule has 0 amide bonds. The summed E-state index contributed by atoms with van der Waals surface area (Å²) in [6, 6.07) is 6.47. The molecule has 1 heterocycles. The molecule has 5 nitrogen and oxygen atoms in total. The summed E-state index contributed by atoms with van der Waals surface area (Å²) in [4.78, 5) is 26.2. The molecule has 3 aromatic rings. The Morgan fingerprint density at radius 2 is 1.79 bits per heavy atom. The number of benzene rings is 2. The summed E-state index contributed by atoms with van der Waals surface area (Å²) < 4.78 is 39.9. The van der Waals surface area contributed by atoms with Gasteiger partial charge in [0.2, 0.25) is 5.43 Å². The van der Waals surface area contributed by atoms with Crippen LogP contribution >= 0.6 is 0 Å². The Bertz CT molecular complexity index is 1030. The molecule has 0 unspecified atom stereocenters. The Morgan fingerprint density at radius 3 is 2.46 bits per heavy atom. The molecular weight excluding hydrogens is 325 g/mol. The third-order valence-corrected chi connectivity index (χ3v) is 3.35. The van der Waals surface area contributed by atoms with E-state index in [0.717, 1.165) is 12.1 Å². The summed E-state index contributed by atoms with van der Waals surface area (Å²) in [5, 5.41) is 11.5. The lowest BCUT2D eigenvalue weighted by molar-refractivity contribution is 0.0696. The highest BCUT2D eigenvalue weighted by molar-refractivity contribution is 5.98. The first kappa shape index (κ1) is 15.6. The second-order valence-electron chi connectivity index (χ2n) is 4.96. The standard InChI is InChI=1S/C16H9F3N2O3/c17-7-2-1-3-8(4-7)20-15-13(16(23)24)14(22)9-5-10(18)11(19)6-12(9)21-15/h1-6H,(H,23,24)(H2,20,21,22). The summed E-state index contributed by atoms with van der Waals surface area (Å²) in [5.41, 5.74) is -1.61. The highest BCUT2D eigenvalue weighted by Crippen LogP contribution is 2.22. The fourth-order valence-electron chi connectivity index (χ4n) is 2.29. The van der Waals surface area contributed by atoms with Crippen LogP contribution in [0.1, 0.15) is 10.4 Å². The van der Waals surface area contributed by atoms with Crippen molar-refractivity contribution >= 4 is 28.4 Å². The first-order valence-electron chi connectivity index (χ1n) is 6.67. The van der Waals surface area contributed by atoms with E-state index in [4.69, 9.17) is 0 Å². The van der Waals surface area contributed by atoms with Gasteiger partial charge in [-0.05, 0) is 24.3 Å². The molecule has 0 aliphatic carbocycles. The number of carboxylic acids is 1. The topological polar surface area (TPSA) is 82.2 Å². The summed E-state index contributed by atoms with van der Waals surface area (Å²) in [6.07, 6.45) is 0. The molecule has 122 valence electrons. The summed E-state index contributed by atoms with van der Waals surface area (Å²) >= 11 is 0. The van der Waals surface area contributed by atoms with Crippen LogP contribution in [0.15, 0.2) is 41.2 Å². The quantitative estimate of drug-likeness (QED) is 0.686. The lowest BCUT2D eigenvalue weighted by atomic mass is 10.1. The zero-order chi connectivity index (χ0) is 17.4. The van der Waals surface area contributed by atoms with Crippen LogP contribution < -0.4 is 10.7 Å². The number of rotatable bonds is 3. The number of fused-ring (bicyclic) bond motifs is 1. The van der Waals surface area contributed by atoms with Gasteiger partial charge in [0.15, 0.2) is 11.6 Å². The van der Waals surface area contributed by atoms with E-state index in [0.29, 0.717) is 6.07 Å². The number of aromatic nitrogens is 1. The number of pyridine rings is 1. The van der Waals surface area contributed by atoms with Gasteiger partial charge in [0.25, 0.3) is 0 Å². The molecule has 8 heteroatoms. The smallest absolute Gasteiger partial charge is 0.343 e. The van der Waals surface area contributed by atoms with E-state index in [2.05, 4.69) is 10.3 Å². The highest BCUT2D eigenvalue weighted by Gasteiger charge is 2.20. The summed E-state index contributed by atoms with van der Waals surface area (Å²) in [7, 11) is 0. The maximum absolute atomic E-state index is 13.4. The number of aromatic carboxylic acids is 1. The van der Waals surface area contributed by atoms with Gasteiger partial charge in [0, 0.05) is 17.1 Å². The fraction of sp³-hybridized carbons (Fsp3) is 0. The number of halogens is 3. The van der Waals surface area contributed by atoms with Crippen LogP contribution in [0.3, 0.4) is 0 Å². The van der Waals surface area contributed by atoms with Crippen LogP contribution in [0.4, 0.5) is 24.7 Å².